The standard InChI is InChI=1S/C17H13NO3S/c1-11-18-17(20)16(22-11)10-12-3-2-4-15(9-12)21-14-7-5-13(19)6-8-14/h2-10,19H,1H2,(H,18,20)/b16-10-. The van der Waals surface area contributed by atoms with Gasteiger partial charge >= 0.3 is 0 Å². The lowest BCUT2D eigenvalue weighted by Gasteiger charge is -2.06. The number of aromatic amines is 1. The molecule has 0 atom stereocenters. The normalized spacial score (nSPS) is 11.5. The lowest BCUT2D eigenvalue weighted by Crippen LogP contribution is -2.19. The summed E-state index contributed by atoms with van der Waals surface area (Å²) < 4.78 is 6.96. The third kappa shape index (κ3) is 3.27. The molecule has 0 amide bonds. The van der Waals surface area contributed by atoms with Crippen molar-refractivity contribution in [3.63, 3.8) is 0 Å². The van der Waals surface area contributed by atoms with Crippen LogP contribution in [0.5, 0.6) is 17.2 Å². The maximum absolute atomic E-state index is 11.7. The molecule has 110 valence electrons. The highest BCUT2D eigenvalue weighted by Crippen LogP contribution is 2.24. The second-order valence-corrected chi connectivity index (χ2v) is 5.79. The molecule has 2 N–H and O–H groups in total. The van der Waals surface area contributed by atoms with E-state index < -0.39 is 0 Å². The summed E-state index contributed by atoms with van der Waals surface area (Å²) in [4.78, 5) is 14.3. The largest absolute Gasteiger partial charge is 0.508 e. The number of benzene rings is 2. The molecule has 3 aromatic rings. The zero-order valence-corrected chi connectivity index (χ0v) is 12.4. The van der Waals surface area contributed by atoms with Crippen molar-refractivity contribution in [3.8, 4) is 17.2 Å². The summed E-state index contributed by atoms with van der Waals surface area (Å²) in [6.07, 6.45) is 1.79. The number of rotatable bonds is 3. The van der Waals surface area contributed by atoms with Crippen LogP contribution in [0, 0.1) is 0 Å². The van der Waals surface area contributed by atoms with Crippen LogP contribution in [0.25, 0.3) is 12.7 Å². The summed E-state index contributed by atoms with van der Waals surface area (Å²) in [5.41, 5.74) is 0.725. The van der Waals surface area contributed by atoms with Crippen molar-refractivity contribution < 1.29 is 9.84 Å². The summed E-state index contributed by atoms with van der Waals surface area (Å²) in [7, 11) is 0. The van der Waals surface area contributed by atoms with Crippen LogP contribution in [0.2, 0.25) is 0 Å². The van der Waals surface area contributed by atoms with Crippen LogP contribution in [-0.4, -0.2) is 10.1 Å². The summed E-state index contributed by atoms with van der Waals surface area (Å²) in [5, 5.41) is 9.26. The number of ether oxygens (including phenoxy) is 1. The lowest BCUT2D eigenvalue weighted by atomic mass is 10.2. The van der Waals surface area contributed by atoms with Gasteiger partial charge in [-0.05, 0) is 48.0 Å². The molecule has 5 heteroatoms. The number of hydrogen-bond acceptors (Lipinski definition) is 4. The van der Waals surface area contributed by atoms with Gasteiger partial charge in [-0.2, -0.15) is 0 Å². The fourth-order valence-electron chi connectivity index (χ4n) is 1.96. The highest BCUT2D eigenvalue weighted by Gasteiger charge is 1.99. The molecule has 0 aliphatic heterocycles. The first-order chi connectivity index (χ1) is 10.6. The Labute approximate surface area is 130 Å². The molecule has 22 heavy (non-hydrogen) atoms. The monoisotopic (exact) mass is 311 g/mol. The number of thiazole rings is 1. The number of phenolic OH excluding ortho intramolecular Hbond substituents is 1. The average molecular weight is 311 g/mol. The Morgan fingerprint density at radius 1 is 1.14 bits per heavy atom. The second kappa shape index (κ2) is 5.91. The molecule has 0 spiro atoms. The fraction of sp³-hybridized carbons (Fsp3) is 0. The maximum Gasteiger partial charge on any atom is 0.266 e. The van der Waals surface area contributed by atoms with E-state index in [-0.39, 0.29) is 11.3 Å². The Morgan fingerprint density at radius 2 is 1.91 bits per heavy atom. The molecule has 0 unspecified atom stereocenters. The predicted octanol–water partition coefficient (Wildman–Crippen LogP) is 2.17. The minimum absolute atomic E-state index is 0.139. The fourth-order valence-corrected chi connectivity index (χ4v) is 2.71. The van der Waals surface area contributed by atoms with Crippen LogP contribution >= 0.6 is 11.3 Å². The SMILES string of the molecule is C=c1[nH]c(=O)/c(=C/c2cccc(Oc3ccc(O)cc3)c2)s1. The molecule has 0 aliphatic carbocycles. The van der Waals surface area contributed by atoms with Gasteiger partial charge in [-0.25, -0.2) is 0 Å². The summed E-state index contributed by atoms with van der Waals surface area (Å²) in [6.45, 7) is 3.72. The van der Waals surface area contributed by atoms with Crippen molar-refractivity contribution in [2.24, 2.45) is 0 Å². The molecule has 0 bridgehead atoms. The molecule has 0 aliphatic rings. The van der Waals surface area contributed by atoms with Gasteiger partial charge in [0.25, 0.3) is 5.56 Å². The van der Waals surface area contributed by atoms with Crippen molar-refractivity contribution in [3.05, 3.63) is 73.6 Å². The molecule has 3 rings (SSSR count). The van der Waals surface area contributed by atoms with Crippen LogP contribution in [0.15, 0.2) is 53.3 Å². The van der Waals surface area contributed by atoms with Crippen molar-refractivity contribution >= 4 is 24.0 Å². The third-order valence-corrected chi connectivity index (χ3v) is 3.81. The maximum atomic E-state index is 11.7. The van der Waals surface area contributed by atoms with Gasteiger partial charge in [0, 0.05) is 0 Å². The van der Waals surface area contributed by atoms with Crippen molar-refractivity contribution in [1.82, 2.24) is 4.98 Å². The first kappa shape index (κ1) is 14.2. The van der Waals surface area contributed by atoms with Gasteiger partial charge in [-0.3, -0.25) is 4.79 Å². The van der Waals surface area contributed by atoms with E-state index in [4.69, 9.17) is 4.74 Å². The van der Waals surface area contributed by atoms with Gasteiger partial charge in [0.15, 0.2) is 0 Å². The molecular weight excluding hydrogens is 298 g/mol. The number of H-pyrrole nitrogens is 1. The first-order valence-corrected chi connectivity index (χ1v) is 7.38. The van der Waals surface area contributed by atoms with E-state index in [9.17, 15) is 9.90 Å². The van der Waals surface area contributed by atoms with E-state index >= 15 is 0 Å². The number of nitrogens with one attached hydrogen (secondary N) is 1. The molecule has 0 radical (unpaired) electrons. The highest BCUT2D eigenvalue weighted by atomic mass is 32.1. The van der Waals surface area contributed by atoms with Crippen molar-refractivity contribution in [2.75, 3.05) is 0 Å². The lowest BCUT2D eigenvalue weighted by molar-refractivity contribution is 0.464. The molecule has 0 fully saturated rings. The van der Waals surface area contributed by atoms with Crippen LogP contribution < -0.4 is 19.5 Å². The number of phenols is 1. The Hall–Kier alpha value is -2.79. The van der Waals surface area contributed by atoms with E-state index in [1.165, 1.54) is 11.3 Å². The second-order valence-electron chi connectivity index (χ2n) is 4.66. The molecule has 1 aromatic heterocycles. The quantitative estimate of drug-likeness (QED) is 0.779. The molecule has 0 saturated heterocycles. The third-order valence-electron chi connectivity index (χ3n) is 2.94. The smallest absolute Gasteiger partial charge is 0.266 e. The zero-order chi connectivity index (χ0) is 15.5. The van der Waals surface area contributed by atoms with Crippen LogP contribution in [-0.2, 0) is 0 Å². The van der Waals surface area contributed by atoms with E-state index in [1.807, 2.05) is 24.3 Å². The van der Waals surface area contributed by atoms with Crippen LogP contribution in [0.4, 0.5) is 0 Å². The number of aromatic nitrogens is 1. The number of aromatic hydroxyl groups is 1. The van der Waals surface area contributed by atoms with Crippen LogP contribution in [0.1, 0.15) is 5.56 Å². The molecule has 4 nitrogen and oxygen atoms in total. The average Bonchev–Trinajstić information content (AvgIpc) is 2.80. The predicted molar refractivity (Wildman–Crippen MR) is 87.9 cm³/mol. The van der Waals surface area contributed by atoms with Crippen molar-refractivity contribution in [2.45, 2.75) is 0 Å². The van der Waals surface area contributed by atoms with E-state index in [0.29, 0.717) is 20.7 Å². The Kier molecular flexibility index (Phi) is 3.80. The first-order valence-electron chi connectivity index (χ1n) is 6.57. The Bertz CT molecular complexity index is 955. The van der Waals surface area contributed by atoms with E-state index in [0.717, 1.165) is 5.56 Å². The Balaban J connectivity index is 1.91. The van der Waals surface area contributed by atoms with Gasteiger partial charge in [0.2, 0.25) is 0 Å². The molecule has 0 saturated carbocycles. The summed E-state index contributed by atoms with van der Waals surface area (Å²) >= 11 is 1.32. The van der Waals surface area contributed by atoms with Crippen molar-refractivity contribution in [1.29, 1.82) is 0 Å². The molecule has 1 heterocycles. The molecular formula is C17H13NO3S. The molecule has 2 aromatic carbocycles. The van der Waals surface area contributed by atoms with Crippen LogP contribution in [0.3, 0.4) is 0 Å². The number of hydrogen-bond donors (Lipinski definition) is 2. The Morgan fingerprint density at radius 3 is 2.59 bits per heavy atom. The minimum atomic E-state index is -0.139. The topological polar surface area (TPSA) is 62.3 Å². The summed E-state index contributed by atoms with van der Waals surface area (Å²) in [5.74, 6) is 1.47. The summed E-state index contributed by atoms with van der Waals surface area (Å²) in [6, 6.07) is 13.9. The zero-order valence-electron chi connectivity index (χ0n) is 11.6. The van der Waals surface area contributed by atoms with Gasteiger partial charge < -0.3 is 14.8 Å². The van der Waals surface area contributed by atoms with E-state index in [2.05, 4.69) is 11.6 Å². The van der Waals surface area contributed by atoms with Gasteiger partial charge in [0.1, 0.15) is 17.2 Å². The minimum Gasteiger partial charge on any atom is -0.508 e. The van der Waals surface area contributed by atoms with E-state index in [1.54, 1.807) is 30.3 Å². The van der Waals surface area contributed by atoms with Gasteiger partial charge in [0.05, 0.1) is 9.20 Å². The van der Waals surface area contributed by atoms with Gasteiger partial charge in [-0.15, -0.1) is 11.3 Å². The highest BCUT2D eigenvalue weighted by molar-refractivity contribution is 7.07. The van der Waals surface area contributed by atoms with Gasteiger partial charge in [-0.1, -0.05) is 18.7 Å².